The van der Waals surface area contributed by atoms with Crippen LogP contribution in [0.3, 0.4) is 0 Å². The highest BCUT2D eigenvalue weighted by Crippen LogP contribution is 2.29. The average Bonchev–Trinajstić information content (AvgIpc) is 2.78. The molecule has 3 heteroatoms. The number of nitrogens with one attached hydrogen (secondary N) is 1. The van der Waals surface area contributed by atoms with Crippen LogP contribution in [0.1, 0.15) is 43.5 Å². The molecular formula is C14H23NOS. The molecule has 1 aliphatic carbocycles. The van der Waals surface area contributed by atoms with E-state index in [0.29, 0.717) is 6.04 Å². The fraction of sp³-hybridized carbons (Fsp3) is 0.714. The maximum Gasteiger partial charge on any atom is 0.0591 e. The Morgan fingerprint density at radius 2 is 2.35 bits per heavy atom. The molecule has 1 aliphatic rings. The molecule has 1 heterocycles. The second-order valence-electron chi connectivity index (χ2n) is 4.89. The van der Waals surface area contributed by atoms with Crippen LogP contribution in [0.25, 0.3) is 0 Å². The Hall–Kier alpha value is -0.380. The lowest BCUT2D eigenvalue weighted by atomic mass is 9.83. The number of ether oxygens (including phenoxy) is 1. The topological polar surface area (TPSA) is 21.3 Å². The molecule has 2 rings (SSSR count). The van der Waals surface area contributed by atoms with Gasteiger partial charge < -0.3 is 10.1 Å². The highest BCUT2D eigenvalue weighted by molar-refractivity contribution is 7.10. The molecule has 1 atom stereocenters. The smallest absolute Gasteiger partial charge is 0.0591 e. The van der Waals surface area contributed by atoms with Crippen molar-refractivity contribution in [2.45, 2.75) is 38.6 Å². The van der Waals surface area contributed by atoms with Gasteiger partial charge in [0.05, 0.1) is 6.61 Å². The van der Waals surface area contributed by atoms with E-state index in [1.807, 2.05) is 11.3 Å². The number of thiophene rings is 1. The van der Waals surface area contributed by atoms with Crippen molar-refractivity contribution >= 4 is 11.3 Å². The molecule has 1 fully saturated rings. The van der Waals surface area contributed by atoms with Gasteiger partial charge in [-0.2, -0.15) is 0 Å². The summed E-state index contributed by atoms with van der Waals surface area (Å²) in [4.78, 5) is 1.40. The molecule has 1 aromatic rings. The summed E-state index contributed by atoms with van der Waals surface area (Å²) in [6, 6.07) is 4.73. The van der Waals surface area contributed by atoms with Crippen LogP contribution in [0.15, 0.2) is 17.5 Å². The molecule has 17 heavy (non-hydrogen) atoms. The van der Waals surface area contributed by atoms with Gasteiger partial charge in [-0.25, -0.2) is 0 Å². The summed E-state index contributed by atoms with van der Waals surface area (Å²) in [5.74, 6) is 0.966. The van der Waals surface area contributed by atoms with E-state index in [1.165, 1.54) is 30.6 Å². The van der Waals surface area contributed by atoms with Crippen LogP contribution >= 0.6 is 11.3 Å². The van der Waals surface area contributed by atoms with Crippen LogP contribution in [-0.2, 0) is 4.74 Å². The van der Waals surface area contributed by atoms with E-state index in [1.54, 1.807) is 0 Å². The minimum Gasteiger partial charge on any atom is -0.380 e. The molecule has 1 N–H and O–H groups in total. The Morgan fingerprint density at radius 3 is 3.00 bits per heavy atom. The molecule has 1 aromatic heterocycles. The summed E-state index contributed by atoms with van der Waals surface area (Å²) < 4.78 is 5.65. The summed E-state index contributed by atoms with van der Waals surface area (Å²) in [5.41, 5.74) is 0. The first-order chi connectivity index (χ1) is 8.36. The van der Waals surface area contributed by atoms with Gasteiger partial charge in [0.15, 0.2) is 0 Å². The second-order valence-corrected chi connectivity index (χ2v) is 5.87. The summed E-state index contributed by atoms with van der Waals surface area (Å²) in [6.45, 7) is 4.94. The molecular weight excluding hydrogens is 230 g/mol. The summed E-state index contributed by atoms with van der Waals surface area (Å²) in [6.07, 6.45) is 5.55. The molecule has 2 nitrogen and oxygen atoms in total. The van der Waals surface area contributed by atoms with E-state index in [2.05, 4.69) is 29.8 Å². The average molecular weight is 253 g/mol. The Balaban J connectivity index is 1.45. The lowest BCUT2D eigenvalue weighted by molar-refractivity contribution is 0.107. The van der Waals surface area contributed by atoms with Gasteiger partial charge in [0.25, 0.3) is 0 Å². The molecule has 0 spiro atoms. The van der Waals surface area contributed by atoms with E-state index in [-0.39, 0.29) is 0 Å². The molecule has 1 unspecified atom stereocenters. The van der Waals surface area contributed by atoms with E-state index in [4.69, 9.17) is 4.74 Å². The number of hydrogen-bond acceptors (Lipinski definition) is 3. The summed E-state index contributed by atoms with van der Waals surface area (Å²) in [5, 5.41) is 5.61. The van der Waals surface area contributed by atoms with Crippen molar-refractivity contribution in [3.63, 3.8) is 0 Å². The van der Waals surface area contributed by atoms with Crippen molar-refractivity contribution in [2.24, 2.45) is 5.92 Å². The van der Waals surface area contributed by atoms with E-state index >= 15 is 0 Å². The van der Waals surface area contributed by atoms with E-state index in [9.17, 15) is 0 Å². The first kappa shape index (κ1) is 13.1. The Morgan fingerprint density at radius 1 is 1.47 bits per heavy atom. The number of rotatable bonds is 8. The van der Waals surface area contributed by atoms with E-state index in [0.717, 1.165) is 25.7 Å². The van der Waals surface area contributed by atoms with Crippen molar-refractivity contribution in [3.8, 4) is 0 Å². The highest BCUT2D eigenvalue weighted by atomic mass is 32.1. The zero-order valence-corrected chi connectivity index (χ0v) is 11.5. The third kappa shape index (κ3) is 4.41. The lowest BCUT2D eigenvalue weighted by Gasteiger charge is -2.24. The van der Waals surface area contributed by atoms with Crippen LogP contribution in [0.5, 0.6) is 0 Å². The fourth-order valence-electron chi connectivity index (χ4n) is 2.12. The van der Waals surface area contributed by atoms with Crippen LogP contribution in [-0.4, -0.2) is 19.8 Å². The zero-order valence-electron chi connectivity index (χ0n) is 10.7. The Kier molecular flexibility index (Phi) is 5.49. The summed E-state index contributed by atoms with van der Waals surface area (Å²) in [7, 11) is 0. The van der Waals surface area contributed by atoms with Gasteiger partial charge in [-0.15, -0.1) is 11.3 Å². The van der Waals surface area contributed by atoms with Gasteiger partial charge in [-0.05, 0) is 30.7 Å². The molecule has 0 saturated heterocycles. The van der Waals surface area contributed by atoms with Crippen molar-refractivity contribution in [1.29, 1.82) is 0 Å². The third-order valence-electron chi connectivity index (χ3n) is 3.56. The van der Waals surface area contributed by atoms with Gasteiger partial charge in [0.2, 0.25) is 0 Å². The molecule has 0 aromatic carbocycles. The van der Waals surface area contributed by atoms with Crippen LogP contribution in [0.4, 0.5) is 0 Å². The first-order valence-corrected chi connectivity index (χ1v) is 7.59. The molecule has 0 bridgehead atoms. The van der Waals surface area contributed by atoms with Crippen molar-refractivity contribution in [2.75, 3.05) is 19.8 Å². The number of hydrogen-bond donors (Lipinski definition) is 1. The van der Waals surface area contributed by atoms with Crippen molar-refractivity contribution in [1.82, 2.24) is 5.32 Å². The lowest BCUT2D eigenvalue weighted by Crippen LogP contribution is -2.23. The van der Waals surface area contributed by atoms with Gasteiger partial charge in [0, 0.05) is 24.1 Å². The maximum atomic E-state index is 5.65. The van der Waals surface area contributed by atoms with E-state index < -0.39 is 0 Å². The summed E-state index contributed by atoms with van der Waals surface area (Å²) >= 11 is 1.81. The van der Waals surface area contributed by atoms with Crippen molar-refractivity contribution < 1.29 is 4.74 Å². The predicted molar refractivity (Wildman–Crippen MR) is 73.5 cm³/mol. The SMILES string of the molecule is CC(NCCOCCC1CCC1)c1cccs1. The fourth-order valence-corrected chi connectivity index (χ4v) is 2.88. The second kappa shape index (κ2) is 7.14. The molecule has 96 valence electrons. The Bertz CT molecular complexity index is 295. The third-order valence-corrected chi connectivity index (χ3v) is 4.62. The normalized spacial score (nSPS) is 17.9. The van der Waals surface area contributed by atoms with Crippen molar-refractivity contribution in [3.05, 3.63) is 22.4 Å². The minimum absolute atomic E-state index is 0.449. The molecule has 1 saturated carbocycles. The van der Waals surface area contributed by atoms with Crippen LogP contribution in [0.2, 0.25) is 0 Å². The zero-order chi connectivity index (χ0) is 11.9. The predicted octanol–water partition coefficient (Wildman–Crippen LogP) is 3.61. The minimum atomic E-state index is 0.449. The maximum absolute atomic E-state index is 5.65. The van der Waals surface area contributed by atoms with Gasteiger partial charge in [-0.3, -0.25) is 0 Å². The first-order valence-electron chi connectivity index (χ1n) is 6.71. The molecule has 0 radical (unpaired) electrons. The highest BCUT2D eigenvalue weighted by Gasteiger charge is 2.16. The quantitative estimate of drug-likeness (QED) is 0.715. The standard InChI is InChI=1S/C14H23NOS/c1-12(14-6-3-11-17-14)15-8-10-16-9-7-13-4-2-5-13/h3,6,11-13,15H,2,4-5,7-10H2,1H3. The van der Waals surface area contributed by atoms with Gasteiger partial charge in [0.1, 0.15) is 0 Å². The Labute approximate surface area is 108 Å². The van der Waals surface area contributed by atoms with Crippen LogP contribution < -0.4 is 5.32 Å². The van der Waals surface area contributed by atoms with Crippen LogP contribution in [0, 0.1) is 5.92 Å². The van der Waals surface area contributed by atoms with Gasteiger partial charge >= 0.3 is 0 Å². The monoisotopic (exact) mass is 253 g/mol. The molecule has 0 amide bonds. The largest absolute Gasteiger partial charge is 0.380 e. The molecule has 0 aliphatic heterocycles. The van der Waals surface area contributed by atoms with Gasteiger partial charge in [-0.1, -0.05) is 25.3 Å².